The van der Waals surface area contributed by atoms with Gasteiger partial charge in [-0.1, -0.05) is 37.0 Å². The maximum Gasteiger partial charge on any atom is 0.154 e. The molecule has 4 N–H and O–H groups in total. The summed E-state index contributed by atoms with van der Waals surface area (Å²) in [6.07, 6.45) is 0. The molecular weight excluding hydrogens is 295 g/mol. The van der Waals surface area contributed by atoms with Crippen LogP contribution in [-0.4, -0.2) is 0 Å². The van der Waals surface area contributed by atoms with Crippen LogP contribution >= 0.6 is 23.2 Å². The Morgan fingerprint density at radius 1 is 0.850 bits per heavy atom. The number of ether oxygens (including phenoxy) is 1. The summed E-state index contributed by atoms with van der Waals surface area (Å²) >= 11 is 12.2. The number of rotatable bonds is 0. The molecule has 0 saturated carbocycles. The lowest BCUT2D eigenvalue weighted by Gasteiger charge is -2.35. The van der Waals surface area contributed by atoms with Gasteiger partial charge in [-0.3, -0.25) is 0 Å². The van der Waals surface area contributed by atoms with Gasteiger partial charge in [-0.25, -0.2) is 0 Å². The third-order valence-electron chi connectivity index (χ3n) is 3.72. The zero-order chi connectivity index (χ0) is 14.7. The Hall–Kier alpha value is -1.58. The summed E-state index contributed by atoms with van der Waals surface area (Å²) < 4.78 is 5.92. The van der Waals surface area contributed by atoms with Gasteiger partial charge in [-0.05, 0) is 24.3 Å². The van der Waals surface area contributed by atoms with E-state index in [2.05, 4.69) is 13.8 Å². The van der Waals surface area contributed by atoms with E-state index in [1.807, 2.05) is 12.1 Å². The average molecular weight is 309 g/mol. The van der Waals surface area contributed by atoms with Crippen molar-refractivity contribution in [1.82, 2.24) is 0 Å². The number of benzene rings is 2. The van der Waals surface area contributed by atoms with Crippen LogP contribution in [0.1, 0.15) is 25.0 Å². The van der Waals surface area contributed by atoms with Crippen LogP contribution in [0.4, 0.5) is 11.4 Å². The van der Waals surface area contributed by atoms with Gasteiger partial charge in [0.2, 0.25) is 0 Å². The van der Waals surface area contributed by atoms with Gasteiger partial charge in [0, 0.05) is 26.6 Å². The van der Waals surface area contributed by atoms with Gasteiger partial charge < -0.3 is 16.2 Å². The van der Waals surface area contributed by atoms with Crippen LogP contribution < -0.4 is 16.2 Å². The maximum atomic E-state index is 6.11. The van der Waals surface area contributed by atoms with Gasteiger partial charge in [-0.2, -0.15) is 0 Å². The lowest BCUT2D eigenvalue weighted by molar-refractivity contribution is 0.422. The van der Waals surface area contributed by atoms with Gasteiger partial charge in [0.05, 0.1) is 11.4 Å². The number of nitrogens with two attached hydrogens (primary N) is 2. The van der Waals surface area contributed by atoms with Crippen LogP contribution in [0.5, 0.6) is 11.5 Å². The molecule has 0 aromatic heterocycles. The zero-order valence-corrected chi connectivity index (χ0v) is 12.6. The van der Waals surface area contributed by atoms with Crippen LogP contribution in [0.25, 0.3) is 0 Å². The first-order valence-electron chi connectivity index (χ1n) is 6.17. The SMILES string of the molecule is CC1(C)c2cc(Cl)cc(N)c2Oc2c(N)cc(Cl)cc21. The summed E-state index contributed by atoms with van der Waals surface area (Å²) in [6.45, 7) is 4.14. The highest BCUT2D eigenvalue weighted by atomic mass is 35.5. The topological polar surface area (TPSA) is 61.3 Å². The van der Waals surface area contributed by atoms with Crippen molar-refractivity contribution in [3.8, 4) is 11.5 Å². The lowest BCUT2D eigenvalue weighted by Crippen LogP contribution is -2.25. The summed E-state index contributed by atoms with van der Waals surface area (Å²) in [5.41, 5.74) is 14.6. The fraction of sp³-hybridized carbons (Fsp3) is 0.200. The molecule has 0 unspecified atom stereocenters. The fourth-order valence-corrected chi connectivity index (χ4v) is 3.09. The van der Waals surface area contributed by atoms with E-state index in [9.17, 15) is 0 Å². The van der Waals surface area contributed by atoms with Crippen molar-refractivity contribution in [3.05, 3.63) is 45.4 Å². The molecule has 1 aliphatic heterocycles. The number of hydrogen-bond acceptors (Lipinski definition) is 3. The Balaban J connectivity index is 2.34. The summed E-state index contributed by atoms with van der Waals surface area (Å²) in [4.78, 5) is 0. The van der Waals surface area contributed by atoms with Crippen LogP contribution in [0.15, 0.2) is 24.3 Å². The normalized spacial score (nSPS) is 15.2. The predicted octanol–water partition coefficient (Wildman–Crippen LogP) is 4.59. The Bertz CT molecular complexity index is 667. The molecule has 0 spiro atoms. The minimum absolute atomic E-state index is 0.346. The Labute approximate surface area is 127 Å². The molecule has 5 heteroatoms. The molecule has 0 radical (unpaired) electrons. The molecule has 1 aliphatic rings. The van der Waals surface area contributed by atoms with E-state index in [1.165, 1.54) is 0 Å². The van der Waals surface area contributed by atoms with Crippen molar-refractivity contribution in [2.24, 2.45) is 0 Å². The van der Waals surface area contributed by atoms with Gasteiger partial charge in [0.1, 0.15) is 0 Å². The summed E-state index contributed by atoms with van der Waals surface area (Å²) in [7, 11) is 0. The van der Waals surface area contributed by atoms with E-state index in [4.69, 9.17) is 39.4 Å². The highest BCUT2D eigenvalue weighted by Crippen LogP contribution is 2.53. The smallest absolute Gasteiger partial charge is 0.154 e. The molecule has 0 bridgehead atoms. The van der Waals surface area contributed by atoms with Crippen molar-refractivity contribution in [1.29, 1.82) is 0 Å². The summed E-state index contributed by atoms with van der Waals surface area (Å²) in [5, 5.41) is 1.16. The molecule has 3 rings (SSSR count). The van der Waals surface area contributed by atoms with Crippen LogP contribution in [0.3, 0.4) is 0 Å². The maximum absolute atomic E-state index is 6.11. The highest BCUT2D eigenvalue weighted by Gasteiger charge is 2.37. The zero-order valence-electron chi connectivity index (χ0n) is 11.1. The molecule has 1 heterocycles. The molecule has 0 fully saturated rings. The first-order chi connectivity index (χ1) is 9.30. The van der Waals surface area contributed by atoms with Crippen LogP contribution in [0, 0.1) is 0 Å². The quantitative estimate of drug-likeness (QED) is 0.700. The number of nitrogen functional groups attached to an aromatic ring is 2. The molecule has 0 aliphatic carbocycles. The van der Waals surface area contributed by atoms with Crippen LogP contribution in [-0.2, 0) is 5.41 Å². The highest BCUT2D eigenvalue weighted by molar-refractivity contribution is 6.31. The van der Waals surface area contributed by atoms with Gasteiger partial charge >= 0.3 is 0 Å². The lowest BCUT2D eigenvalue weighted by atomic mass is 9.75. The largest absolute Gasteiger partial charge is 0.452 e. The Morgan fingerprint density at radius 3 is 1.65 bits per heavy atom. The van der Waals surface area contributed by atoms with E-state index >= 15 is 0 Å². The van der Waals surface area contributed by atoms with Crippen molar-refractivity contribution in [3.63, 3.8) is 0 Å². The second-order valence-corrected chi connectivity index (χ2v) is 6.34. The molecule has 3 nitrogen and oxygen atoms in total. The Morgan fingerprint density at radius 2 is 1.25 bits per heavy atom. The summed E-state index contributed by atoms with van der Waals surface area (Å²) in [6, 6.07) is 7.09. The molecule has 0 amide bonds. The molecular formula is C15H14Cl2N2O. The number of hydrogen-bond donors (Lipinski definition) is 2. The first-order valence-corrected chi connectivity index (χ1v) is 6.93. The molecule has 104 valence electrons. The van der Waals surface area contributed by atoms with E-state index in [1.54, 1.807) is 12.1 Å². The summed E-state index contributed by atoms with van der Waals surface area (Å²) in [5.74, 6) is 1.22. The minimum Gasteiger partial charge on any atom is -0.452 e. The molecule has 2 aromatic carbocycles. The van der Waals surface area contributed by atoms with E-state index < -0.39 is 0 Å². The van der Waals surface area contributed by atoms with Crippen molar-refractivity contribution in [2.75, 3.05) is 11.5 Å². The number of halogens is 2. The van der Waals surface area contributed by atoms with Crippen molar-refractivity contribution >= 4 is 34.6 Å². The minimum atomic E-state index is -0.346. The second-order valence-electron chi connectivity index (χ2n) is 5.47. The average Bonchev–Trinajstić information content (AvgIpc) is 2.32. The van der Waals surface area contributed by atoms with Gasteiger partial charge in [0.25, 0.3) is 0 Å². The van der Waals surface area contributed by atoms with E-state index in [-0.39, 0.29) is 5.41 Å². The first kappa shape index (κ1) is 13.4. The second kappa shape index (κ2) is 4.21. The van der Waals surface area contributed by atoms with Gasteiger partial charge in [0.15, 0.2) is 11.5 Å². The van der Waals surface area contributed by atoms with Gasteiger partial charge in [-0.15, -0.1) is 0 Å². The number of fused-ring (bicyclic) bond motifs is 2. The third kappa shape index (κ3) is 1.81. The monoisotopic (exact) mass is 308 g/mol. The Kier molecular flexibility index (Phi) is 2.82. The molecule has 0 atom stereocenters. The third-order valence-corrected chi connectivity index (χ3v) is 4.15. The fourth-order valence-electron chi connectivity index (χ4n) is 2.63. The molecule has 0 saturated heterocycles. The van der Waals surface area contributed by atoms with Crippen molar-refractivity contribution in [2.45, 2.75) is 19.3 Å². The van der Waals surface area contributed by atoms with E-state index in [0.717, 1.165) is 11.1 Å². The van der Waals surface area contributed by atoms with Crippen LogP contribution in [0.2, 0.25) is 10.0 Å². The van der Waals surface area contributed by atoms with Crippen molar-refractivity contribution < 1.29 is 4.74 Å². The molecule has 2 aromatic rings. The molecule has 20 heavy (non-hydrogen) atoms. The predicted molar refractivity (Wildman–Crippen MR) is 83.9 cm³/mol. The number of anilines is 2. The standard InChI is InChI=1S/C15H14Cl2N2O/c1-15(2)9-3-7(16)5-11(18)13(9)20-14-10(15)4-8(17)6-12(14)19/h3-6H,18-19H2,1-2H3. The van der Waals surface area contributed by atoms with E-state index in [0.29, 0.717) is 32.9 Å².